The highest BCUT2D eigenvalue weighted by atomic mass is 16.5. The van der Waals surface area contributed by atoms with Gasteiger partial charge in [0.05, 0.1) is 25.8 Å². The third kappa shape index (κ3) is 6.82. The second kappa shape index (κ2) is 8.93. The van der Waals surface area contributed by atoms with Crippen LogP contribution in [-0.4, -0.2) is 50.5 Å². The van der Waals surface area contributed by atoms with Crippen molar-refractivity contribution in [2.24, 2.45) is 0 Å². The number of rotatable bonds is 8. The zero-order valence-electron chi connectivity index (χ0n) is 8.88. The molecule has 0 unspecified atom stereocenters. The van der Waals surface area contributed by atoms with Crippen molar-refractivity contribution in [3.63, 3.8) is 0 Å². The van der Waals surface area contributed by atoms with Gasteiger partial charge < -0.3 is 20.5 Å². The topological polar surface area (TPSA) is 70.6 Å². The first-order chi connectivity index (χ1) is 6.74. The van der Waals surface area contributed by atoms with Gasteiger partial charge in [0.1, 0.15) is 0 Å². The predicted octanol–water partition coefficient (Wildman–Crippen LogP) is -0.890. The Hall–Kier alpha value is -0.650. The molecule has 1 atom stereocenters. The molecular formula is C9H20N2O3. The summed E-state index contributed by atoms with van der Waals surface area (Å²) in [5, 5.41) is 14.5. The Morgan fingerprint density at radius 3 is 2.79 bits per heavy atom. The molecule has 3 N–H and O–H groups in total. The van der Waals surface area contributed by atoms with Crippen molar-refractivity contribution in [3.05, 3.63) is 0 Å². The molecule has 1 amide bonds. The number of carbonyl (C=O) groups is 1. The molecule has 0 bridgehead atoms. The van der Waals surface area contributed by atoms with Gasteiger partial charge in [-0.15, -0.1) is 0 Å². The Morgan fingerprint density at radius 2 is 2.29 bits per heavy atom. The van der Waals surface area contributed by atoms with Crippen LogP contribution in [0.25, 0.3) is 0 Å². The SMILES string of the molecule is CC[C@H](CO)NC(=O)CNCCOC. The molecule has 0 aromatic carbocycles. The number of methoxy groups -OCH3 is 1. The highest BCUT2D eigenvalue weighted by molar-refractivity contribution is 5.78. The van der Waals surface area contributed by atoms with E-state index in [0.29, 0.717) is 13.2 Å². The van der Waals surface area contributed by atoms with E-state index in [9.17, 15) is 4.79 Å². The zero-order chi connectivity index (χ0) is 10.8. The minimum Gasteiger partial charge on any atom is -0.394 e. The number of nitrogens with one attached hydrogen (secondary N) is 2. The molecular weight excluding hydrogens is 184 g/mol. The molecule has 0 aliphatic carbocycles. The normalized spacial score (nSPS) is 12.5. The first kappa shape index (κ1) is 13.4. The van der Waals surface area contributed by atoms with E-state index in [4.69, 9.17) is 9.84 Å². The van der Waals surface area contributed by atoms with Crippen LogP contribution in [0.4, 0.5) is 0 Å². The Bertz CT molecular complexity index is 149. The van der Waals surface area contributed by atoms with Crippen LogP contribution >= 0.6 is 0 Å². The average molecular weight is 204 g/mol. The lowest BCUT2D eigenvalue weighted by molar-refractivity contribution is -0.121. The standard InChI is InChI=1S/C9H20N2O3/c1-3-8(7-12)11-9(13)6-10-4-5-14-2/h8,10,12H,3-7H2,1-2H3,(H,11,13)/t8-/m1/s1. The van der Waals surface area contributed by atoms with Gasteiger partial charge in [-0.05, 0) is 6.42 Å². The minimum absolute atomic E-state index is 0.0136. The average Bonchev–Trinajstić information content (AvgIpc) is 2.21. The molecule has 0 aliphatic heterocycles. The number of aliphatic hydroxyl groups excluding tert-OH is 1. The highest BCUT2D eigenvalue weighted by Gasteiger charge is 2.07. The third-order valence-electron chi connectivity index (χ3n) is 1.85. The van der Waals surface area contributed by atoms with Crippen LogP contribution in [0.5, 0.6) is 0 Å². The lowest BCUT2D eigenvalue weighted by Gasteiger charge is -2.13. The summed E-state index contributed by atoms with van der Waals surface area (Å²) in [4.78, 5) is 11.2. The molecule has 5 nitrogen and oxygen atoms in total. The number of hydrogen-bond donors (Lipinski definition) is 3. The summed E-state index contributed by atoms with van der Waals surface area (Å²) in [6.45, 7) is 3.41. The third-order valence-corrected chi connectivity index (χ3v) is 1.85. The molecule has 14 heavy (non-hydrogen) atoms. The van der Waals surface area contributed by atoms with Gasteiger partial charge in [-0.1, -0.05) is 6.92 Å². The minimum atomic E-state index is -0.133. The van der Waals surface area contributed by atoms with Crippen LogP contribution in [0.3, 0.4) is 0 Å². The van der Waals surface area contributed by atoms with Crippen molar-refractivity contribution < 1.29 is 14.6 Å². The number of amides is 1. The van der Waals surface area contributed by atoms with Crippen LogP contribution in [-0.2, 0) is 9.53 Å². The molecule has 84 valence electrons. The molecule has 0 fully saturated rings. The summed E-state index contributed by atoms with van der Waals surface area (Å²) in [5.74, 6) is -0.0954. The first-order valence-corrected chi connectivity index (χ1v) is 4.84. The molecule has 0 aromatic heterocycles. The monoisotopic (exact) mass is 204 g/mol. The highest BCUT2D eigenvalue weighted by Crippen LogP contribution is 1.87. The molecule has 0 spiro atoms. The number of hydrogen-bond acceptors (Lipinski definition) is 4. The van der Waals surface area contributed by atoms with E-state index in [-0.39, 0.29) is 25.1 Å². The van der Waals surface area contributed by atoms with Crippen molar-refractivity contribution in [2.45, 2.75) is 19.4 Å². The summed E-state index contributed by atoms with van der Waals surface area (Å²) < 4.78 is 4.81. The quantitative estimate of drug-likeness (QED) is 0.449. The van der Waals surface area contributed by atoms with Gasteiger partial charge in [0.25, 0.3) is 0 Å². The van der Waals surface area contributed by atoms with Crippen molar-refractivity contribution in [2.75, 3.05) is 33.4 Å². The van der Waals surface area contributed by atoms with Crippen LogP contribution < -0.4 is 10.6 Å². The van der Waals surface area contributed by atoms with E-state index >= 15 is 0 Å². The second-order valence-corrected chi connectivity index (χ2v) is 3.02. The maximum Gasteiger partial charge on any atom is 0.234 e. The van der Waals surface area contributed by atoms with E-state index in [1.54, 1.807) is 7.11 Å². The van der Waals surface area contributed by atoms with Gasteiger partial charge in [-0.2, -0.15) is 0 Å². The Morgan fingerprint density at radius 1 is 1.57 bits per heavy atom. The van der Waals surface area contributed by atoms with Crippen molar-refractivity contribution in [1.82, 2.24) is 10.6 Å². The maximum atomic E-state index is 11.2. The predicted molar refractivity (Wildman–Crippen MR) is 54.1 cm³/mol. The van der Waals surface area contributed by atoms with Crippen LogP contribution in [0.2, 0.25) is 0 Å². The fraction of sp³-hybridized carbons (Fsp3) is 0.889. The van der Waals surface area contributed by atoms with Gasteiger partial charge in [-0.3, -0.25) is 4.79 Å². The lowest BCUT2D eigenvalue weighted by Crippen LogP contribution is -2.42. The molecule has 0 aliphatic rings. The Labute approximate surface area is 84.8 Å². The van der Waals surface area contributed by atoms with Gasteiger partial charge in [0.2, 0.25) is 5.91 Å². The fourth-order valence-corrected chi connectivity index (χ4v) is 0.932. The van der Waals surface area contributed by atoms with Gasteiger partial charge in [0.15, 0.2) is 0 Å². The second-order valence-electron chi connectivity index (χ2n) is 3.02. The van der Waals surface area contributed by atoms with Gasteiger partial charge in [-0.25, -0.2) is 0 Å². The Balaban J connectivity index is 3.44. The molecule has 0 saturated heterocycles. The summed E-state index contributed by atoms with van der Waals surface area (Å²) in [7, 11) is 1.61. The van der Waals surface area contributed by atoms with E-state index in [1.165, 1.54) is 0 Å². The summed E-state index contributed by atoms with van der Waals surface area (Å²) >= 11 is 0. The van der Waals surface area contributed by atoms with Crippen molar-refractivity contribution in [1.29, 1.82) is 0 Å². The molecule has 0 rings (SSSR count). The first-order valence-electron chi connectivity index (χ1n) is 4.84. The van der Waals surface area contributed by atoms with Crippen LogP contribution in [0.15, 0.2) is 0 Å². The zero-order valence-corrected chi connectivity index (χ0v) is 8.88. The van der Waals surface area contributed by atoms with E-state index in [1.807, 2.05) is 6.92 Å². The molecule has 5 heteroatoms. The summed E-state index contributed by atoms with van der Waals surface area (Å²) in [6, 6.07) is -0.133. The van der Waals surface area contributed by atoms with Crippen LogP contribution in [0.1, 0.15) is 13.3 Å². The smallest absolute Gasteiger partial charge is 0.234 e. The summed E-state index contributed by atoms with van der Waals surface area (Å²) in [5.41, 5.74) is 0. The van der Waals surface area contributed by atoms with Crippen molar-refractivity contribution >= 4 is 5.91 Å². The maximum absolute atomic E-state index is 11.2. The number of ether oxygens (including phenoxy) is 1. The Kier molecular flexibility index (Phi) is 8.51. The van der Waals surface area contributed by atoms with Crippen molar-refractivity contribution in [3.8, 4) is 0 Å². The summed E-state index contributed by atoms with van der Waals surface area (Å²) in [6.07, 6.45) is 0.736. The number of aliphatic hydroxyl groups is 1. The molecule has 0 saturated carbocycles. The molecule has 0 radical (unpaired) electrons. The molecule has 0 aromatic rings. The van der Waals surface area contributed by atoms with Gasteiger partial charge in [0, 0.05) is 13.7 Å². The van der Waals surface area contributed by atoms with Gasteiger partial charge >= 0.3 is 0 Å². The molecule has 0 heterocycles. The fourth-order valence-electron chi connectivity index (χ4n) is 0.932. The lowest BCUT2D eigenvalue weighted by atomic mass is 10.2. The largest absolute Gasteiger partial charge is 0.394 e. The van der Waals surface area contributed by atoms with E-state index in [0.717, 1.165) is 6.42 Å². The van der Waals surface area contributed by atoms with E-state index in [2.05, 4.69) is 10.6 Å². The van der Waals surface area contributed by atoms with E-state index < -0.39 is 0 Å². The number of carbonyl (C=O) groups excluding carboxylic acids is 1. The van der Waals surface area contributed by atoms with Crippen LogP contribution in [0, 0.1) is 0 Å².